The third-order valence-electron chi connectivity index (χ3n) is 4.44. The highest BCUT2D eigenvalue weighted by atomic mass is 16.4. The molecule has 1 unspecified atom stereocenters. The second-order valence-electron chi connectivity index (χ2n) is 6.10. The molecule has 0 bridgehead atoms. The van der Waals surface area contributed by atoms with E-state index in [2.05, 4.69) is 9.80 Å². The average Bonchev–Trinajstić information content (AvgIpc) is 2.46. The zero-order valence-electron chi connectivity index (χ0n) is 12.5. The maximum atomic E-state index is 10.9. The molecule has 0 spiro atoms. The van der Waals surface area contributed by atoms with Crippen LogP contribution >= 0.6 is 0 Å². The Bertz CT molecular complexity index is 369. The van der Waals surface area contributed by atoms with Crippen molar-refractivity contribution in [2.45, 2.75) is 19.3 Å². The van der Waals surface area contributed by atoms with Gasteiger partial charge in [-0.2, -0.15) is 0 Å². The van der Waals surface area contributed by atoms with Gasteiger partial charge < -0.3 is 20.6 Å². The fourth-order valence-corrected chi connectivity index (χ4v) is 3.26. The number of primary amides is 1. The van der Waals surface area contributed by atoms with Crippen molar-refractivity contribution in [3.05, 3.63) is 0 Å². The Morgan fingerprint density at radius 1 is 1.10 bits per heavy atom. The molecular formula is C14H26N4O3. The Hall–Kier alpha value is -1.34. The van der Waals surface area contributed by atoms with E-state index < -0.39 is 6.09 Å². The predicted octanol–water partition coefficient (Wildman–Crippen LogP) is -0.131. The minimum atomic E-state index is -0.815. The van der Waals surface area contributed by atoms with Gasteiger partial charge in [0.2, 0.25) is 5.91 Å². The first-order chi connectivity index (χ1) is 10.0. The molecule has 2 saturated heterocycles. The summed E-state index contributed by atoms with van der Waals surface area (Å²) in [5.41, 5.74) is 5.20. The number of likely N-dealkylation sites (tertiary alicyclic amines) is 1. The molecule has 1 atom stereocenters. The molecule has 2 amide bonds. The molecule has 2 heterocycles. The molecule has 2 aliphatic rings. The maximum absolute atomic E-state index is 10.9. The van der Waals surface area contributed by atoms with Crippen LogP contribution in [0.4, 0.5) is 4.79 Å². The van der Waals surface area contributed by atoms with Crippen LogP contribution in [0.15, 0.2) is 0 Å². The van der Waals surface area contributed by atoms with E-state index >= 15 is 0 Å². The lowest BCUT2D eigenvalue weighted by molar-refractivity contribution is -0.118. The molecule has 0 aliphatic carbocycles. The minimum absolute atomic E-state index is 0.234. The summed E-state index contributed by atoms with van der Waals surface area (Å²) < 4.78 is 0. The molecule has 7 heteroatoms. The molecule has 2 rings (SSSR count). The van der Waals surface area contributed by atoms with E-state index in [1.54, 1.807) is 0 Å². The number of carbonyl (C=O) groups excluding carboxylic acids is 1. The molecule has 0 aromatic carbocycles. The fourth-order valence-electron chi connectivity index (χ4n) is 3.26. The molecule has 2 fully saturated rings. The van der Waals surface area contributed by atoms with Crippen LogP contribution in [-0.4, -0.2) is 84.2 Å². The number of nitrogens with two attached hydrogens (primary N) is 1. The van der Waals surface area contributed by atoms with Crippen LogP contribution in [0.5, 0.6) is 0 Å². The monoisotopic (exact) mass is 298 g/mol. The van der Waals surface area contributed by atoms with Gasteiger partial charge in [-0.3, -0.25) is 9.69 Å². The number of hydrogen-bond donors (Lipinski definition) is 2. The van der Waals surface area contributed by atoms with E-state index in [0.29, 0.717) is 25.4 Å². The van der Waals surface area contributed by atoms with Gasteiger partial charge in [-0.25, -0.2) is 4.79 Å². The van der Waals surface area contributed by atoms with Crippen LogP contribution in [0.25, 0.3) is 0 Å². The van der Waals surface area contributed by atoms with Gasteiger partial charge in [0, 0.05) is 52.2 Å². The van der Waals surface area contributed by atoms with Crippen molar-refractivity contribution in [1.82, 2.24) is 14.7 Å². The third kappa shape index (κ3) is 5.17. The van der Waals surface area contributed by atoms with Crippen molar-refractivity contribution in [2.75, 3.05) is 52.4 Å². The number of amides is 2. The molecule has 0 saturated carbocycles. The Labute approximate surface area is 125 Å². The average molecular weight is 298 g/mol. The lowest BCUT2D eigenvalue weighted by Gasteiger charge is -2.38. The first kappa shape index (κ1) is 16.0. The number of nitrogens with zero attached hydrogens (tertiary/aromatic N) is 3. The number of carboxylic acid groups (broad SMARTS) is 1. The van der Waals surface area contributed by atoms with Crippen molar-refractivity contribution in [3.63, 3.8) is 0 Å². The highest BCUT2D eigenvalue weighted by Crippen LogP contribution is 2.18. The third-order valence-corrected chi connectivity index (χ3v) is 4.44. The van der Waals surface area contributed by atoms with E-state index in [-0.39, 0.29) is 5.91 Å². The predicted molar refractivity (Wildman–Crippen MR) is 79.0 cm³/mol. The molecular weight excluding hydrogens is 272 g/mol. The molecule has 0 aromatic heterocycles. The van der Waals surface area contributed by atoms with Gasteiger partial charge >= 0.3 is 6.09 Å². The lowest BCUT2D eigenvalue weighted by Crippen LogP contribution is -2.50. The quantitative estimate of drug-likeness (QED) is 0.738. The van der Waals surface area contributed by atoms with Crippen LogP contribution in [0, 0.1) is 5.92 Å². The first-order valence-electron chi connectivity index (χ1n) is 7.75. The van der Waals surface area contributed by atoms with Gasteiger partial charge in [-0.1, -0.05) is 0 Å². The highest BCUT2D eigenvalue weighted by molar-refractivity contribution is 5.73. The summed E-state index contributed by atoms with van der Waals surface area (Å²) in [6.07, 6.45) is 2.00. The molecule has 2 aliphatic heterocycles. The van der Waals surface area contributed by atoms with Crippen LogP contribution in [0.1, 0.15) is 19.3 Å². The Kier molecular flexibility index (Phi) is 5.81. The molecule has 120 valence electrons. The molecule has 7 nitrogen and oxygen atoms in total. The van der Waals surface area contributed by atoms with Gasteiger partial charge in [-0.05, 0) is 25.3 Å². The van der Waals surface area contributed by atoms with Crippen molar-refractivity contribution in [1.29, 1.82) is 0 Å². The summed E-state index contributed by atoms with van der Waals surface area (Å²) in [5.74, 6) is 0.380. The number of hydrogen-bond acceptors (Lipinski definition) is 4. The zero-order chi connectivity index (χ0) is 15.2. The molecule has 21 heavy (non-hydrogen) atoms. The van der Waals surface area contributed by atoms with Crippen LogP contribution in [0.2, 0.25) is 0 Å². The standard InChI is InChI=1S/C14H26N4O3/c15-13(19)3-5-16-4-1-2-12(10-16)11-17-6-8-18(9-7-17)14(20)21/h12H,1-11H2,(H2,15,19)(H,20,21). The van der Waals surface area contributed by atoms with E-state index in [1.807, 2.05) is 0 Å². The van der Waals surface area contributed by atoms with E-state index in [4.69, 9.17) is 10.8 Å². The van der Waals surface area contributed by atoms with Gasteiger partial charge in [-0.15, -0.1) is 0 Å². The first-order valence-corrected chi connectivity index (χ1v) is 7.75. The summed E-state index contributed by atoms with van der Waals surface area (Å²) in [7, 11) is 0. The largest absolute Gasteiger partial charge is 0.465 e. The number of carbonyl (C=O) groups is 2. The number of piperazine rings is 1. The normalized spacial score (nSPS) is 25.0. The number of rotatable bonds is 5. The summed E-state index contributed by atoms with van der Waals surface area (Å²) in [4.78, 5) is 27.9. The van der Waals surface area contributed by atoms with Crippen LogP contribution < -0.4 is 5.73 Å². The van der Waals surface area contributed by atoms with E-state index in [9.17, 15) is 9.59 Å². The van der Waals surface area contributed by atoms with Crippen LogP contribution in [-0.2, 0) is 4.79 Å². The van der Waals surface area contributed by atoms with Crippen molar-refractivity contribution in [3.8, 4) is 0 Å². The summed E-state index contributed by atoms with van der Waals surface area (Å²) in [5, 5.41) is 8.95. The van der Waals surface area contributed by atoms with E-state index in [1.165, 1.54) is 17.7 Å². The highest BCUT2D eigenvalue weighted by Gasteiger charge is 2.25. The fraction of sp³-hybridized carbons (Fsp3) is 0.857. The second-order valence-corrected chi connectivity index (χ2v) is 6.10. The van der Waals surface area contributed by atoms with Gasteiger partial charge in [0.15, 0.2) is 0 Å². The second kappa shape index (κ2) is 7.61. The Morgan fingerprint density at radius 2 is 1.81 bits per heavy atom. The van der Waals surface area contributed by atoms with Crippen molar-refractivity contribution >= 4 is 12.0 Å². The maximum Gasteiger partial charge on any atom is 0.407 e. The van der Waals surface area contributed by atoms with Gasteiger partial charge in [0.05, 0.1) is 0 Å². The SMILES string of the molecule is NC(=O)CCN1CCCC(CN2CCN(C(=O)O)CC2)C1. The number of piperidine rings is 1. The molecule has 3 N–H and O–H groups in total. The summed E-state index contributed by atoms with van der Waals surface area (Å²) in [6, 6.07) is 0. The van der Waals surface area contributed by atoms with Gasteiger partial charge in [0.1, 0.15) is 0 Å². The van der Waals surface area contributed by atoms with Crippen molar-refractivity contribution in [2.24, 2.45) is 11.7 Å². The Morgan fingerprint density at radius 3 is 2.43 bits per heavy atom. The Balaban J connectivity index is 1.70. The zero-order valence-corrected chi connectivity index (χ0v) is 12.5. The smallest absolute Gasteiger partial charge is 0.407 e. The van der Waals surface area contributed by atoms with E-state index in [0.717, 1.165) is 39.3 Å². The minimum Gasteiger partial charge on any atom is -0.465 e. The summed E-state index contributed by atoms with van der Waals surface area (Å²) in [6.45, 7) is 6.72. The van der Waals surface area contributed by atoms with Crippen LogP contribution in [0.3, 0.4) is 0 Å². The topological polar surface area (TPSA) is 90.1 Å². The lowest BCUT2D eigenvalue weighted by atomic mass is 9.97. The summed E-state index contributed by atoms with van der Waals surface area (Å²) >= 11 is 0. The van der Waals surface area contributed by atoms with Crippen molar-refractivity contribution < 1.29 is 14.7 Å². The molecule has 0 radical (unpaired) electrons. The van der Waals surface area contributed by atoms with Gasteiger partial charge in [0.25, 0.3) is 0 Å². The molecule has 0 aromatic rings.